The van der Waals surface area contributed by atoms with Crippen molar-refractivity contribution in [1.82, 2.24) is 9.80 Å². The highest BCUT2D eigenvalue weighted by atomic mass is 79.9. The van der Waals surface area contributed by atoms with Crippen LogP contribution in [0, 0.1) is 0 Å². The van der Waals surface area contributed by atoms with Gasteiger partial charge in [0.2, 0.25) is 5.91 Å². The molecule has 1 aliphatic heterocycles. The molecular weight excluding hydrogens is 412 g/mol. The van der Waals surface area contributed by atoms with Crippen LogP contribution in [0.1, 0.15) is 11.3 Å². The van der Waals surface area contributed by atoms with Gasteiger partial charge in [0.25, 0.3) is 0 Å². The van der Waals surface area contributed by atoms with Crippen LogP contribution in [0.2, 0.25) is 0 Å². The lowest BCUT2D eigenvalue weighted by molar-refractivity contribution is -0.127. The minimum Gasteiger partial charge on any atom is -0.497 e. The third-order valence-corrected chi connectivity index (χ3v) is 4.98. The molecule has 0 atom stereocenters. The molecule has 1 amide bonds. The summed E-state index contributed by atoms with van der Waals surface area (Å²) in [6.07, 6.45) is 3.26. The number of ether oxygens (including phenoxy) is 2. The topological polar surface area (TPSA) is 55.2 Å². The Labute approximate surface area is 167 Å². The Morgan fingerprint density at radius 1 is 1.15 bits per heavy atom. The van der Waals surface area contributed by atoms with Gasteiger partial charge in [-0.25, -0.2) is 0 Å². The van der Waals surface area contributed by atoms with Crippen molar-refractivity contribution in [3.8, 4) is 11.5 Å². The number of methoxy groups -OCH3 is 2. The number of rotatable bonds is 6. The van der Waals surface area contributed by atoms with Crippen LogP contribution < -0.4 is 9.47 Å². The number of carbonyl (C=O) groups is 1. The molecule has 0 spiro atoms. The van der Waals surface area contributed by atoms with Gasteiger partial charge < -0.3 is 18.8 Å². The number of hydrogen-bond acceptors (Lipinski definition) is 5. The minimum absolute atomic E-state index is 0.00105. The third kappa shape index (κ3) is 5.14. The van der Waals surface area contributed by atoms with Crippen molar-refractivity contribution in [2.75, 3.05) is 40.4 Å². The number of benzene rings is 1. The molecule has 1 fully saturated rings. The number of furan rings is 1. The molecule has 0 N–H and O–H groups in total. The highest BCUT2D eigenvalue weighted by Gasteiger charge is 2.21. The summed E-state index contributed by atoms with van der Waals surface area (Å²) in [5, 5.41) is 0. The zero-order chi connectivity index (χ0) is 19.2. The molecule has 7 heteroatoms. The number of carbonyl (C=O) groups excluding carboxylic acids is 1. The molecule has 6 nitrogen and oxygen atoms in total. The standard InChI is InChI=1S/C20H23BrN2O4/c1-25-17-3-6-18(26-2)15(13-17)14-22-9-11-23(12-10-22)20(24)8-5-16-4-7-19(21)27-16/h3-8,13H,9-12,14H2,1-2H3/b8-5+. The van der Waals surface area contributed by atoms with E-state index in [1.165, 1.54) is 0 Å². The Balaban J connectivity index is 1.54. The minimum atomic E-state index is 0.00105. The fourth-order valence-electron chi connectivity index (χ4n) is 3.05. The van der Waals surface area contributed by atoms with Crippen LogP contribution in [-0.4, -0.2) is 56.1 Å². The summed E-state index contributed by atoms with van der Waals surface area (Å²) in [4.78, 5) is 16.5. The first-order chi connectivity index (χ1) is 13.1. The van der Waals surface area contributed by atoms with Gasteiger partial charge in [-0.1, -0.05) is 0 Å². The predicted molar refractivity (Wildman–Crippen MR) is 107 cm³/mol. The molecule has 144 valence electrons. The zero-order valence-electron chi connectivity index (χ0n) is 15.5. The Bertz CT molecular complexity index is 810. The van der Waals surface area contributed by atoms with Crippen LogP contribution in [-0.2, 0) is 11.3 Å². The lowest BCUT2D eigenvalue weighted by Gasteiger charge is -2.34. The zero-order valence-corrected chi connectivity index (χ0v) is 17.1. The summed E-state index contributed by atoms with van der Waals surface area (Å²) in [6, 6.07) is 9.43. The van der Waals surface area contributed by atoms with Gasteiger partial charge in [-0.2, -0.15) is 0 Å². The van der Waals surface area contributed by atoms with Gasteiger partial charge in [-0.3, -0.25) is 9.69 Å². The Morgan fingerprint density at radius 2 is 1.93 bits per heavy atom. The summed E-state index contributed by atoms with van der Waals surface area (Å²) in [6.45, 7) is 3.77. The van der Waals surface area contributed by atoms with Gasteiger partial charge in [-0.15, -0.1) is 0 Å². The Morgan fingerprint density at radius 3 is 2.56 bits per heavy atom. The molecule has 2 aromatic rings. The van der Waals surface area contributed by atoms with Crippen molar-refractivity contribution in [2.45, 2.75) is 6.54 Å². The highest BCUT2D eigenvalue weighted by Crippen LogP contribution is 2.25. The van der Waals surface area contributed by atoms with Crippen molar-refractivity contribution in [3.05, 3.63) is 52.4 Å². The normalized spacial score (nSPS) is 15.3. The summed E-state index contributed by atoms with van der Waals surface area (Å²) >= 11 is 3.25. The van der Waals surface area contributed by atoms with Gasteiger partial charge in [0, 0.05) is 44.4 Å². The smallest absolute Gasteiger partial charge is 0.246 e. The fourth-order valence-corrected chi connectivity index (χ4v) is 3.37. The molecule has 0 unspecified atom stereocenters. The lowest BCUT2D eigenvalue weighted by atomic mass is 10.1. The van der Waals surface area contributed by atoms with E-state index in [-0.39, 0.29) is 5.91 Å². The van der Waals surface area contributed by atoms with Crippen LogP contribution in [0.3, 0.4) is 0 Å². The lowest BCUT2D eigenvalue weighted by Crippen LogP contribution is -2.47. The quantitative estimate of drug-likeness (QED) is 0.651. The van der Waals surface area contributed by atoms with Crippen molar-refractivity contribution in [3.63, 3.8) is 0 Å². The van der Waals surface area contributed by atoms with E-state index in [1.54, 1.807) is 32.4 Å². The van der Waals surface area contributed by atoms with Gasteiger partial charge >= 0.3 is 0 Å². The van der Waals surface area contributed by atoms with Crippen molar-refractivity contribution < 1.29 is 18.7 Å². The molecule has 1 aromatic heterocycles. The maximum Gasteiger partial charge on any atom is 0.246 e. The van der Waals surface area contributed by atoms with Crippen molar-refractivity contribution in [1.29, 1.82) is 0 Å². The summed E-state index contributed by atoms with van der Waals surface area (Å²) in [5.41, 5.74) is 1.08. The first-order valence-corrected chi connectivity index (χ1v) is 9.54. The van der Waals surface area contributed by atoms with E-state index in [1.807, 2.05) is 29.2 Å². The second-order valence-corrected chi connectivity index (χ2v) is 7.04. The Kier molecular flexibility index (Phi) is 6.58. The van der Waals surface area contributed by atoms with Crippen LogP contribution in [0.5, 0.6) is 11.5 Å². The molecule has 0 bridgehead atoms. The average molecular weight is 435 g/mol. The number of amides is 1. The van der Waals surface area contributed by atoms with Crippen LogP contribution in [0.25, 0.3) is 6.08 Å². The molecule has 0 aliphatic carbocycles. The van der Waals surface area contributed by atoms with Crippen molar-refractivity contribution in [2.24, 2.45) is 0 Å². The average Bonchev–Trinajstić information content (AvgIpc) is 3.12. The maximum absolute atomic E-state index is 12.4. The molecule has 0 radical (unpaired) electrons. The van der Waals surface area contributed by atoms with Gasteiger partial charge in [0.05, 0.1) is 14.2 Å². The van der Waals surface area contributed by atoms with E-state index in [9.17, 15) is 4.79 Å². The van der Waals surface area contributed by atoms with Crippen molar-refractivity contribution >= 4 is 27.9 Å². The molecule has 1 aromatic carbocycles. The first-order valence-electron chi connectivity index (χ1n) is 8.74. The predicted octanol–water partition coefficient (Wildman–Crippen LogP) is 3.42. The second-order valence-electron chi connectivity index (χ2n) is 6.25. The van der Waals surface area contributed by atoms with Gasteiger partial charge in [-0.05, 0) is 52.3 Å². The molecule has 3 rings (SSSR count). The number of nitrogens with zero attached hydrogens (tertiary/aromatic N) is 2. The number of hydrogen-bond donors (Lipinski definition) is 0. The van der Waals surface area contributed by atoms with Crippen LogP contribution >= 0.6 is 15.9 Å². The van der Waals surface area contributed by atoms with E-state index < -0.39 is 0 Å². The van der Waals surface area contributed by atoms with E-state index >= 15 is 0 Å². The fraction of sp³-hybridized carbons (Fsp3) is 0.350. The van der Waals surface area contributed by atoms with Gasteiger partial charge in [0.1, 0.15) is 17.3 Å². The molecule has 27 heavy (non-hydrogen) atoms. The molecule has 1 aliphatic rings. The highest BCUT2D eigenvalue weighted by molar-refractivity contribution is 9.10. The first kappa shape index (κ1) is 19.5. The largest absolute Gasteiger partial charge is 0.497 e. The van der Waals surface area contributed by atoms with Gasteiger partial charge in [0.15, 0.2) is 4.67 Å². The molecular formula is C20H23BrN2O4. The maximum atomic E-state index is 12.4. The van der Waals surface area contributed by atoms with E-state index in [0.717, 1.165) is 36.7 Å². The summed E-state index contributed by atoms with van der Waals surface area (Å²) < 4.78 is 16.8. The molecule has 2 heterocycles. The summed E-state index contributed by atoms with van der Waals surface area (Å²) in [7, 11) is 3.33. The molecule has 0 saturated carbocycles. The monoisotopic (exact) mass is 434 g/mol. The van der Waals surface area contributed by atoms with Crippen LogP contribution in [0.15, 0.2) is 45.5 Å². The van der Waals surface area contributed by atoms with Crippen LogP contribution in [0.4, 0.5) is 0 Å². The molecule has 1 saturated heterocycles. The Hall–Kier alpha value is -2.25. The number of halogens is 1. The number of piperazine rings is 1. The second kappa shape index (κ2) is 9.10. The van der Waals surface area contributed by atoms with E-state index in [4.69, 9.17) is 13.9 Å². The third-order valence-electron chi connectivity index (χ3n) is 4.55. The van der Waals surface area contributed by atoms with E-state index in [0.29, 0.717) is 23.5 Å². The SMILES string of the molecule is COc1ccc(OC)c(CN2CCN(C(=O)/C=C/c3ccc(Br)o3)CC2)c1. The van der Waals surface area contributed by atoms with E-state index in [2.05, 4.69) is 20.8 Å². The summed E-state index contributed by atoms with van der Waals surface area (Å²) in [5.74, 6) is 2.32.